The zero-order valence-corrected chi connectivity index (χ0v) is 13.4. The quantitative estimate of drug-likeness (QED) is 0.895. The molecule has 0 saturated carbocycles. The number of hydrogen-bond acceptors (Lipinski definition) is 5. The zero-order chi connectivity index (χ0) is 14.7. The Balaban J connectivity index is 2.21. The molecule has 1 aliphatic heterocycles. The van der Waals surface area contributed by atoms with Crippen molar-refractivity contribution in [2.45, 2.75) is 26.7 Å². The number of nitrogens with zero attached hydrogens (tertiary/aromatic N) is 4. The largest absolute Gasteiger partial charge is 0.338 e. The summed E-state index contributed by atoms with van der Waals surface area (Å²) in [6, 6.07) is 0. The predicted octanol–water partition coefficient (Wildman–Crippen LogP) is 1.17. The summed E-state index contributed by atoms with van der Waals surface area (Å²) in [7, 11) is 4.15. The van der Waals surface area contributed by atoms with E-state index in [1.54, 1.807) is 0 Å². The first kappa shape index (κ1) is 15.2. The fourth-order valence-electron chi connectivity index (χ4n) is 2.98. The minimum absolute atomic E-state index is 0.446. The summed E-state index contributed by atoms with van der Waals surface area (Å²) in [5.41, 5.74) is 3.53. The summed E-state index contributed by atoms with van der Waals surface area (Å²) in [4.78, 5) is 14.2. The maximum Gasteiger partial charge on any atom is 0.225 e. The molecule has 2 heterocycles. The lowest BCUT2D eigenvalue weighted by Crippen LogP contribution is -2.45. The third kappa shape index (κ3) is 3.27. The van der Waals surface area contributed by atoms with Gasteiger partial charge in [-0.15, -0.1) is 0 Å². The maximum atomic E-state index is 4.75. The minimum atomic E-state index is 0.446. The molecule has 20 heavy (non-hydrogen) atoms. The van der Waals surface area contributed by atoms with Crippen LogP contribution in [0.25, 0.3) is 0 Å². The van der Waals surface area contributed by atoms with Gasteiger partial charge in [0.2, 0.25) is 5.95 Å². The maximum absolute atomic E-state index is 4.75. The lowest BCUT2D eigenvalue weighted by atomic mass is 9.98. The van der Waals surface area contributed by atoms with E-state index in [2.05, 4.69) is 42.9 Å². The molecular weight excluding hydrogens is 250 g/mol. The van der Waals surface area contributed by atoms with Crippen molar-refractivity contribution in [2.24, 2.45) is 0 Å². The molecule has 5 nitrogen and oxygen atoms in total. The topological polar surface area (TPSA) is 44.3 Å². The van der Waals surface area contributed by atoms with Gasteiger partial charge >= 0.3 is 0 Å². The van der Waals surface area contributed by atoms with Crippen LogP contribution in [0.15, 0.2) is 0 Å². The van der Waals surface area contributed by atoms with Crippen molar-refractivity contribution in [2.75, 3.05) is 51.7 Å². The van der Waals surface area contributed by atoms with Crippen LogP contribution < -0.4 is 10.2 Å². The Labute approximate surface area is 122 Å². The normalized spacial score (nSPS) is 18.4. The monoisotopic (exact) mass is 277 g/mol. The molecule has 5 heteroatoms. The average molecular weight is 277 g/mol. The van der Waals surface area contributed by atoms with Crippen LogP contribution >= 0.6 is 0 Å². The molecule has 1 aromatic rings. The van der Waals surface area contributed by atoms with Crippen LogP contribution in [0.2, 0.25) is 0 Å². The molecule has 1 unspecified atom stereocenters. The van der Waals surface area contributed by atoms with Gasteiger partial charge in [-0.2, -0.15) is 0 Å². The molecule has 0 spiro atoms. The van der Waals surface area contributed by atoms with Gasteiger partial charge in [-0.05, 0) is 39.4 Å². The molecular formula is C15H27N5. The Morgan fingerprint density at radius 2 is 1.65 bits per heavy atom. The van der Waals surface area contributed by atoms with Gasteiger partial charge in [-0.3, -0.25) is 0 Å². The van der Waals surface area contributed by atoms with Crippen LogP contribution in [0.5, 0.6) is 0 Å². The van der Waals surface area contributed by atoms with Gasteiger partial charge in [0.05, 0.1) is 0 Å². The fourth-order valence-corrected chi connectivity index (χ4v) is 2.98. The molecule has 0 amide bonds. The summed E-state index contributed by atoms with van der Waals surface area (Å²) < 4.78 is 0. The zero-order valence-electron chi connectivity index (χ0n) is 13.4. The third-order valence-electron chi connectivity index (χ3n) is 4.10. The van der Waals surface area contributed by atoms with Gasteiger partial charge in [0.15, 0.2) is 0 Å². The van der Waals surface area contributed by atoms with Gasteiger partial charge in [0.1, 0.15) is 0 Å². The molecule has 1 fully saturated rings. The number of piperazine rings is 1. The number of aromatic nitrogens is 2. The summed E-state index contributed by atoms with van der Waals surface area (Å²) in [6.07, 6.45) is 0. The van der Waals surface area contributed by atoms with Gasteiger partial charge in [0.25, 0.3) is 0 Å². The predicted molar refractivity (Wildman–Crippen MR) is 83.6 cm³/mol. The second-order valence-electron chi connectivity index (χ2n) is 5.86. The second kappa shape index (κ2) is 6.50. The number of likely N-dealkylation sites (N-methyl/N-ethyl adjacent to an activating group) is 2. The molecule has 1 atom stereocenters. The lowest BCUT2D eigenvalue weighted by molar-refractivity contribution is 0.311. The van der Waals surface area contributed by atoms with E-state index in [0.717, 1.165) is 50.1 Å². The van der Waals surface area contributed by atoms with Crippen LogP contribution in [-0.4, -0.2) is 61.7 Å². The van der Waals surface area contributed by atoms with Crippen molar-refractivity contribution in [1.82, 2.24) is 20.2 Å². The summed E-state index contributed by atoms with van der Waals surface area (Å²) in [5.74, 6) is 1.34. The third-order valence-corrected chi connectivity index (χ3v) is 4.10. The Morgan fingerprint density at radius 3 is 2.15 bits per heavy atom. The first-order valence-corrected chi connectivity index (χ1v) is 7.46. The molecule has 1 aliphatic rings. The van der Waals surface area contributed by atoms with Crippen molar-refractivity contribution in [1.29, 1.82) is 0 Å². The van der Waals surface area contributed by atoms with Gasteiger partial charge in [-0.25, -0.2) is 9.97 Å². The highest BCUT2D eigenvalue weighted by Crippen LogP contribution is 2.23. The number of rotatable bonds is 4. The van der Waals surface area contributed by atoms with E-state index in [4.69, 9.17) is 9.97 Å². The Bertz CT molecular complexity index is 429. The average Bonchev–Trinajstić information content (AvgIpc) is 2.39. The van der Waals surface area contributed by atoms with Crippen molar-refractivity contribution < 1.29 is 0 Å². The van der Waals surface area contributed by atoms with Crippen LogP contribution in [0.3, 0.4) is 0 Å². The Hall–Kier alpha value is -1.20. The fraction of sp³-hybridized carbons (Fsp3) is 0.733. The van der Waals surface area contributed by atoms with E-state index < -0.39 is 0 Å². The van der Waals surface area contributed by atoms with E-state index in [9.17, 15) is 0 Å². The Morgan fingerprint density at radius 1 is 1.10 bits per heavy atom. The first-order chi connectivity index (χ1) is 9.52. The molecule has 0 radical (unpaired) electrons. The van der Waals surface area contributed by atoms with Crippen molar-refractivity contribution in [3.63, 3.8) is 0 Å². The SMILES string of the molecule is CNCC(C)c1c(C)nc(N2CCN(C)CC2)nc1C. The van der Waals surface area contributed by atoms with Gasteiger partial charge < -0.3 is 15.1 Å². The number of anilines is 1. The van der Waals surface area contributed by atoms with Gasteiger partial charge in [-0.1, -0.05) is 6.92 Å². The second-order valence-corrected chi connectivity index (χ2v) is 5.86. The van der Waals surface area contributed by atoms with Crippen LogP contribution in [0.1, 0.15) is 29.8 Å². The number of aryl methyl sites for hydroxylation is 2. The van der Waals surface area contributed by atoms with Crippen LogP contribution in [0, 0.1) is 13.8 Å². The standard InChI is InChI=1S/C15H27N5/c1-11(10-16-4)14-12(2)17-15(18-13(14)3)20-8-6-19(5)7-9-20/h11,16H,6-10H2,1-5H3. The van der Waals surface area contributed by atoms with Crippen LogP contribution in [-0.2, 0) is 0 Å². The number of hydrogen-bond donors (Lipinski definition) is 1. The molecule has 1 saturated heterocycles. The summed E-state index contributed by atoms with van der Waals surface area (Å²) in [5, 5.41) is 3.23. The van der Waals surface area contributed by atoms with Crippen molar-refractivity contribution in [3.8, 4) is 0 Å². The van der Waals surface area contributed by atoms with Crippen LogP contribution in [0.4, 0.5) is 5.95 Å². The first-order valence-electron chi connectivity index (χ1n) is 7.46. The Kier molecular flexibility index (Phi) is 4.94. The highest BCUT2D eigenvalue weighted by molar-refractivity contribution is 5.38. The van der Waals surface area contributed by atoms with E-state index >= 15 is 0 Å². The summed E-state index contributed by atoms with van der Waals surface area (Å²) in [6.45, 7) is 11.6. The lowest BCUT2D eigenvalue weighted by Gasteiger charge is -2.33. The van der Waals surface area contributed by atoms with E-state index in [1.807, 2.05) is 7.05 Å². The van der Waals surface area contributed by atoms with Gasteiger partial charge in [0, 0.05) is 44.1 Å². The number of nitrogens with one attached hydrogen (secondary N) is 1. The molecule has 0 aromatic carbocycles. The smallest absolute Gasteiger partial charge is 0.225 e. The molecule has 2 rings (SSSR count). The van der Waals surface area contributed by atoms with Crippen molar-refractivity contribution in [3.05, 3.63) is 17.0 Å². The minimum Gasteiger partial charge on any atom is -0.338 e. The highest BCUT2D eigenvalue weighted by atomic mass is 15.3. The molecule has 112 valence electrons. The van der Waals surface area contributed by atoms with E-state index in [0.29, 0.717) is 5.92 Å². The van der Waals surface area contributed by atoms with E-state index in [-0.39, 0.29) is 0 Å². The molecule has 1 aromatic heterocycles. The summed E-state index contributed by atoms with van der Waals surface area (Å²) >= 11 is 0. The van der Waals surface area contributed by atoms with Crippen molar-refractivity contribution >= 4 is 5.95 Å². The van der Waals surface area contributed by atoms with E-state index in [1.165, 1.54) is 5.56 Å². The molecule has 0 aliphatic carbocycles. The highest BCUT2D eigenvalue weighted by Gasteiger charge is 2.20. The molecule has 1 N–H and O–H groups in total. The molecule has 0 bridgehead atoms.